The van der Waals surface area contributed by atoms with Gasteiger partial charge in [0.1, 0.15) is 0 Å². The predicted octanol–water partition coefficient (Wildman–Crippen LogP) is 4.20. The van der Waals surface area contributed by atoms with Crippen LogP contribution in [-0.4, -0.2) is 5.16 Å². The molecular formula is C14H15BrN2O. The van der Waals surface area contributed by atoms with Gasteiger partial charge in [-0.2, -0.15) is 0 Å². The smallest absolute Gasteiger partial charge is 0.230 e. The highest BCUT2D eigenvalue weighted by molar-refractivity contribution is 9.10. The summed E-state index contributed by atoms with van der Waals surface area (Å²) < 4.78 is 6.25. The van der Waals surface area contributed by atoms with Crippen molar-refractivity contribution in [1.82, 2.24) is 5.16 Å². The zero-order valence-electron chi connectivity index (χ0n) is 10.2. The Labute approximate surface area is 114 Å². The molecule has 0 saturated heterocycles. The second-order valence-corrected chi connectivity index (χ2v) is 5.86. The van der Waals surface area contributed by atoms with E-state index in [0.717, 1.165) is 27.2 Å². The lowest BCUT2D eigenvalue weighted by Gasteiger charge is -2.09. The van der Waals surface area contributed by atoms with Crippen molar-refractivity contribution >= 4 is 21.8 Å². The molecule has 94 valence electrons. The highest BCUT2D eigenvalue weighted by atomic mass is 79.9. The quantitative estimate of drug-likeness (QED) is 0.924. The number of benzene rings is 1. The average Bonchev–Trinajstić information content (AvgIpc) is 3.14. The van der Waals surface area contributed by atoms with Crippen LogP contribution in [0, 0.1) is 5.92 Å². The standard InChI is InChI=1S/C14H15BrN2O/c1-8(9-2-3-9)13-12(14(16)18-17-13)10-4-6-11(15)7-5-10/h4-9H,2-3,16H2,1H3. The van der Waals surface area contributed by atoms with E-state index in [4.69, 9.17) is 10.3 Å². The summed E-state index contributed by atoms with van der Waals surface area (Å²) in [5.74, 6) is 1.58. The molecule has 0 spiro atoms. The van der Waals surface area contributed by atoms with Crippen LogP contribution in [0.1, 0.15) is 31.4 Å². The molecule has 1 atom stereocenters. The first-order valence-corrected chi connectivity index (χ1v) is 6.97. The number of hydrogen-bond donors (Lipinski definition) is 1. The lowest BCUT2D eigenvalue weighted by molar-refractivity contribution is 0.417. The first kappa shape index (κ1) is 11.8. The van der Waals surface area contributed by atoms with Crippen molar-refractivity contribution in [2.75, 3.05) is 5.73 Å². The van der Waals surface area contributed by atoms with E-state index >= 15 is 0 Å². The molecule has 0 amide bonds. The molecule has 1 aromatic carbocycles. The molecule has 1 unspecified atom stereocenters. The molecule has 1 aliphatic rings. The zero-order valence-corrected chi connectivity index (χ0v) is 11.8. The maximum atomic E-state index is 5.93. The lowest BCUT2D eigenvalue weighted by Crippen LogP contribution is -1.99. The Balaban J connectivity index is 2.04. The summed E-state index contributed by atoms with van der Waals surface area (Å²) in [5.41, 5.74) is 8.96. The average molecular weight is 307 g/mol. The summed E-state index contributed by atoms with van der Waals surface area (Å²) in [6.07, 6.45) is 2.57. The monoisotopic (exact) mass is 306 g/mol. The second-order valence-electron chi connectivity index (χ2n) is 4.94. The van der Waals surface area contributed by atoms with Crippen molar-refractivity contribution in [2.24, 2.45) is 5.92 Å². The van der Waals surface area contributed by atoms with Crippen molar-refractivity contribution in [3.05, 3.63) is 34.4 Å². The molecule has 2 N–H and O–H groups in total. The van der Waals surface area contributed by atoms with Gasteiger partial charge in [0.05, 0.1) is 11.3 Å². The highest BCUT2D eigenvalue weighted by Crippen LogP contribution is 2.45. The van der Waals surface area contributed by atoms with E-state index in [9.17, 15) is 0 Å². The Morgan fingerprint density at radius 2 is 2.00 bits per heavy atom. The third kappa shape index (κ3) is 2.05. The van der Waals surface area contributed by atoms with Gasteiger partial charge < -0.3 is 10.3 Å². The van der Waals surface area contributed by atoms with Crippen molar-refractivity contribution in [2.45, 2.75) is 25.7 Å². The number of anilines is 1. The highest BCUT2D eigenvalue weighted by Gasteiger charge is 2.33. The van der Waals surface area contributed by atoms with Gasteiger partial charge in [0.15, 0.2) is 0 Å². The van der Waals surface area contributed by atoms with Gasteiger partial charge in [0, 0.05) is 10.4 Å². The van der Waals surface area contributed by atoms with Crippen molar-refractivity contribution < 1.29 is 4.52 Å². The molecule has 4 heteroatoms. The Hall–Kier alpha value is -1.29. The fourth-order valence-electron chi connectivity index (χ4n) is 2.35. The van der Waals surface area contributed by atoms with Gasteiger partial charge in [0.25, 0.3) is 0 Å². The van der Waals surface area contributed by atoms with E-state index in [-0.39, 0.29) is 0 Å². The van der Waals surface area contributed by atoms with Gasteiger partial charge in [-0.15, -0.1) is 0 Å². The third-order valence-electron chi connectivity index (χ3n) is 3.64. The van der Waals surface area contributed by atoms with Crippen LogP contribution in [0.2, 0.25) is 0 Å². The number of rotatable bonds is 3. The van der Waals surface area contributed by atoms with E-state index in [1.165, 1.54) is 12.8 Å². The molecular weight excluding hydrogens is 292 g/mol. The zero-order chi connectivity index (χ0) is 12.7. The minimum absolute atomic E-state index is 0.417. The molecule has 0 aliphatic heterocycles. The Kier molecular flexibility index (Phi) is 2.90. The summed E-state index contributed by atoms with van der Waals surface area (Å²) in [5, 5.41) is 4.16. The van der Waals surface area contributed by atoms with Crippen molar-refractivity contribution in [3.63, 3.8) is 0 Å². The molecule has 2 aromatic rings. The maximum absolute atomic E-state index is 5.93. The molecule has 0 bridgehead atoms. The number of nitrogen functional groups attached to an aromatic ring is 1. The van der Waals surface area contributed by atoms with Crippen molar-refractivity contribution in [1.29, 1.82) is 0 Å². The van der Waals surface area contributed by atoms with Crippen molar-refractivity contribution in [3.8, 4) is 11.1 Å². The molecule has 0 radical (unpaired) electrons. The summed E-state index contributed by atoms with van der Waals surface area (Å²) in [4.78, 5) is 0. The summed E-state index contributed by atoms with van der Waals surface area (Å²) in [6.45, 7) is 2.21. The number of nitrogens with zero attached hydrogens (tertiary/aromatic N) is 1. The fraction of sp³-hybridized carbons (Fsp3) is 0.357. The summed E-state index contributed by atoms with van der Waals surface area (Å²) in [6, 6.07) is 8.09. The summed E-state index contributed by atoms with van der Waals surface area (Å²) in [7, 11) is 0. The second kappa shape index (κ2) is 4.43. The largest absolute Gasteiger partial charge is 0.367 e. The molecule has 3 rings (SSSR count). The molecule has 3 nitrogen and oxygen atoms in total. The predicted molar refractivity (Wildman–Crippen MR) is 75.2 cm³/mol. The maximum Gasteiger partial charge on any atom is 0.230 e. The first-order chi connectivity index (χ1) is 8.66. The van der Waals surface area contributed by atoms with Gasteiger partial charge in [0.2, 0.25) is 5.88 Å². The Morgan fingerprint density at radius 1 is 1.33 bits per heavy atom. The number of aromatic nitrogens is 1. The van der Waals surface area contributed by atoms with Gasteiger partial charge >= 0.3 is 0 Å². The molecule has 1 aliphatic carbocycles. The molecule has 1 saturated carbocycles. The number of nitrogens with two attached hydrogens (primary N) is 1. The van der Waals surface area contributed by atoms with Gasteiger partial charge in [-0.05, 0) is 36.5 Å². The van der Waals surface area contributed by atoms with Crippen LogP contribution >= 0.6 is 15.9 Å². The van der Waals surface area contributed by atoms with E-state index in [1.54, 1.807) is 0 Å². The van der Waals surface area contributed by atoms with Crippen LogP contribution in [0.5, 0.6) is 0 Å². The first-order valence-electron chi connectivity index (χ1n) is 6.18. The summed E-state index contributed by atoms with van der Waals surface area (Å²) >= 11 is 3.44. The van der Waals surface area contributed by atoms with Crippen LogP contribution < -0.4 is 5.73 Å². The van der Waals surface area contributed by atoms with E-state index in [1.807, 2.05) is 24.3 Å². The molecule has 1 aromatic heterocycles. The number of hydrogen-bond acceptors (Lipinski definition) is 3. The van der Waals surface area contributed by atoms with Crippen LogP contribution in [0.15, 0.2) is 33.3 Å². The van der Waals surface area contributed by atoms with Crippen LogP contribution in [0.3, 0.4) is 0 Å². The molecule has 1 fully saturated rings. The molecule has 18 heavy (non-hydrogen) atoms. The molecule has 1 heterocycles. The topological polar surface area (TPSA) is 52.0 Å². The minimum atomic E-state index is 0.417. The van der Waals surface area contributed by atoms with Crippen LogP contribution in [0.4, 0.5) is 5.88 Å². The Morgan fingerprint density at radius 3 is 2.61 bits per heavy atom. The Bertz CT molecular complexity index is 558. The van der Waals surface area contributed by atoms with Gasteiger partial charge in [-0.1, -0.05) is 40.1 Å². The van der Waals surface area contributed by atoms with E-state index < -0.39 is 0 Å². The van der Waals surface area contributed by atoms with Crippen LogP contribution in [-0.2, 0) is 0 Å². The SMILES string of the molecule is CC(c1noc(N)c1-c1ccc(Br)cc1)C1CC1. The normalized spacial score (nSPS) is 16.8. The third-order valence-corrected chi connectivity index (χ3v) is 4.17. The van der Waals surface area contributed by atoms with Crippen LogP contribution in [0.25, 0.3) is 11.1 Å². The number of halogens is 1. The lowest BCUT2D eigenvalue weighted by atomic mass is 9.95. The van der Waals surface area contributed by atoms with E-state index in [0.29, 0.717) is 11.8 Å². The minimum Gasteiger partial charge on any atom is -0.367 e. The van der Waals surface area contributed by atoms with Gasteiger partial charge in [-0.25, -0.2) is 0 Å². The van der Waals surface area contributed by atoms with E-state index in [2.05, 4.69) is 28.0 Å². The van der Waals surface area contributed by atoms with Gasteiger partial charge in [-0.3, -0.25) is 0 Å². The fourth-order valence-corrected chi connectivity index (χ4v) is 2.62.